The van der Waals surface area contributed by atoms with E-state index in [0.29, 0.717) is 0 Å². The van der Waals surface area contributed by atoms with E-state index >= 15 is 0 Å². The number of hydrogen-bond donors (Lipinski definition) is 0. The van der Waals surface area contributed by atoms with Gasteiger partial charge in [0.15, 0.2) is 0 Å². The van der Waals surface area contributed by atoms with Crippen molar-refractivity contribution < 1.29 is 13.3 Å². The first-order valence-corrected chi connectivity index (χ1v) is 44.5. The maximum atomic E-state index is 6.82. The first kappa shape index (κ1) is 70.7. The summed E-state index contributed by atoms with van der Waals surface area (Å²) >= 11 is 1.85. The van der Waals surface area contributed by atoms with E-state index in [0.717, 1.165) is 199 Å². The molecule has 7 nitrogen and oxygen atoms in total. The van der Waals surface area contributed by atoms with E-state index in [4.69, 9.17) is 13.3 Å². The molecule has 28 rings (SSSR count). The van der Waals surface area contributed by atoms with Gasteiger partial charge in [-0.05, 0) is 290 Å². The number of fused-ring (bicyclic) bond motifs is 24. The van der Waals surface area contributed by atoms with Crippen molar-refractivity contribution in [3.8, 4) is 101 Å². The summed E-state index contributed by atoms with van der Waals surface area (Å²) in [5.74, 6) is 0. The standard InChI is InChI=1S/C120H70N4O3S/c1-4-16-71(17-5-1)74-33-46-109-93(58-74)99-62-78(39-52-111(99)123(109)87-43-56-117-103(69-87)90-23-11-14-26-114(90)126-117)79-40-53-112-100(63-79)94-59-75(34-47-110(94)124(112)88-44-57-120-104(70-88)92-24-12-15-27-119(92)128-120)72-28-30-73(31-29-72)84-32-45-91-102-67-83(42-55-116(102)127-118(91)68-84)81-38-51-108-98(65-81)96-61-77(36-49-106(96)122(108)86-20-8-3-9-21-86)76-35-48-105-95(60-76)97-64-80(37-50-107(97)121(105)85-18-6-2-7-19-85)82-41-54-115-101(66-82)89-22-10-13-25-113(89)125-115/h1-70H. The summed E-state index contributed by atoms with van der Waals surface area (Å²) in [6.45, 7) is 0. The van der Waals surface area contributed by atoms with Crippen molar-refractivity contribution in [2.75, 3.05) is 0 Å². The molecule has 8 aromatic heterocycles. The molecule has 8 heterocycles. The van der Waals surface area contributed by atoms with E-state index in [9.17, 15) is 0 Å². The highest BCUT2D eigenvalue weighted by atomic mass is 32.1. The first-order chi connectivity index (χ1) is 63.4. The normalized spacial score (nSPS) is 12.2. The zero-order valence-electron chi connectivity index (χ0n) is 68.8. The Morgan fingerprint density at radius 3 is 0.797 bits per heavy atom. The van der Waals surface area contributed by atoms with E-state index in [-0.39, 0.29) is 0 Å². The van der Waals surface area contributed by atoms with Crippen molar-refractivity contribution in [2.24, 2.45) is 0 Å². The zero-order valence-corrected chi connectivity index (χ0v) is 69.7. The predicted molar refractivity (Wildman–Crippen MR) is 537 cm³/mol. The summed E-state index contributed by atoms with van der Waals surface area (Å²) in [6.07, 6.45) is 0. The van der Waals surface area contributed by atoms with Crippen LogP contribution in [0.4, 0.5) is 0 Å². The molecule has 0 aliphatic rings. The molecule has 0 bridgehead atoms. The van der Waals surface area contributed by atoms with Crippen LogP contribution in [0.1, 0.15) is 0 Å². The summed E-state index contributed by atoms with van der Waals surface area (Å²) in [7, 11) is 0. The van der Waals surface area contributed by atoms with Crippen LogP contribution in [0, 0.1) is 0 Å². The average molecular weight is 1650 g/mol. The van der Waals surface area contributed by atoms with Crippen LogP contribution in [0.15, 0.2) is 438 Å². The van der Waals surface area contributed by atoms with Gasteiger partial charge in [0.2, 0.25) is 0 Å². The minimum absolute atomic E-state index is 0.853. The molecule has 0 N–H and O–H groups in total. The van der Waals surface area contributed by atoms with Crippen molar-refractivity contribution in [2.45, 2.75) is 0 Å². The van der Waals surface area contributed by atoms with Crippen LogP contribution in [-0.2, 0) is 0 Å². The molecule has 0 spiro atoms. The fourth-order valence-electron chi connectivity index (χ4n) is 21.0. The monoisotopic (exact) mass is 1650 g/mol. The maximum absolute atomic E-state index is 6.82. The van der Waals surface area contributed by atoms with Crippen LogP contribution >= 0.6 is 11.3 Å². The highest BCUT2D eigenvalue weighted by Crippen LogP contribution is 2.48. The minimum atomic E-state index is 0.853. The van der Waals surface area contributed by atoms with Crippen molar-refractivity contribution in [1.29, 1.82) is 0 Å². The van der Waals surface area contributed by atoms with E-state index in [1.807, 2.05) is 29.5 Å². The zero-order chi connectivity index (χ0) is 83.5. The van der Waals surface area contributed by atoms with Crippen molar-refractivity contribution in [1.82, 2.24) is 18.3 Å². The molecule has 0 amide bonds. The second-order valence-corrected chi connectivity index (χ2v) is 35.3. The van der Waals surface area contributed by atoms with Gasteiger partial charge in [-0.25, -0.2) is 0 Å². The second-order valence-electron chi connectivity index (χ2n) is 34.2. The highest BCUT2D eigenvalue weighted by molar-refractivity contribution is 7.25. The van der Waals surface area contributed by atoms with E-state index in [1.165, 1.54) is 74.4 Å². The minimum Gasteiger partial charge on any atom is -0.456 e. The largest absolute Gasteiger partial charge is 0.456 e. The molecule has 0 aliphatic carbocycles. The molecular weight excluding hydrogens is 1580 g/mol. The van der Waals surface area contributed by atoms with Gasteiger partial charge in [0.1, 0.15) is 33.5 Å². The van der Waals surface area contributed by atoms with Gasteiger partial charge in [0, 0.05) is 118 Å². The Balaban J connectivity index is 0.520. The van der Waals surface area contributed by atoms with E-state index in [1.54, 1.807) is 0 Å². The van der Waals surface area contributed by atoms with Gasteiger partial charge < -0.3 is 31.5 Å². The lowest BCUT2D eigenvalue weighted by Crippen LogP contribution is -1.94. The number of thiophene rings is 1. The molecule has 594 valence electrons. The lowest BCUT2D eigenvalue weighted by atomic mass is 9.97. The molecule has 0 aliphatic heterocycles. The number of furan rings is 3. The third-order valence-corrected chi connectivity index (χ3v) is 28.3. The Morgan fingerprint density at radius 2 is 0.383 bits per heavy atom. The molecule has 0 radical (unpaired) electrons. The number of rotatable bonds is 11. The molecule has 0 saturated carbocycles. The topological polar surface area (TPSA) is 59.1 Å². The molecule has 0 unspecified atom stereocenters. The Kier molecular flexibility index (Phi) is 15.1. The van der Waals surface area contributed by atoms with Gasteiger partial charge in [-0.15, -0.1) is 11.3 Å². The van der Waals surface area contributed by atoms with Crippen molar-refractivity contribution >= 4 is 185 Å². The van der Waals surface area contributed by atoms with Crippen LogP contribution in [0.25, 0.3) is 274 Å². The Hall–Kier alpha value is -16.8. The van der Waals surface area contributed by atoms with Crippen molar-refractivity contribution in [3.05, 3.63) is 425 Å². The smallest absolute Gasteiger partial charge is 0.136 e. The van der Waals surface area contributed by atoms with Crippen LogP contribution in [0.2, 0.25) is 0 Å². The molecule has 0 atom stereocenters. The Labute approximate surface area is 736 Å². The fourth-order valence-corrected chi connectivity index (χ4v) is 22.1. The van der Waals surface area contributed by atoms with E-state index in [2.05, 4.69) is 425 Å². The van der Waals surface area contributed by atoms with Gasteiger partial charge in [0.05, 0.1) is 44.1 Å². The number of nitrogens with zero attached hydrogens (tertiary/aromatic N) is 4. The van der Waals surface area contributed by atoms with Crippen LogP contribution in [0.3, 0.4) is 0 Å². The molecule has 8 heteroatoms. The number of hydrogen-bond acceptors (Lipinski definition) is 4. The first-order valence-electron chi connectivity index (χ1n) is 43.7. The third-order valence-electron chi connectivity index (χ3n) is 27.2. The number of benzene rings is 20. The SMILES string of the molecule is c1ccc(-c2ccc3c(c2)c2cc(-c4ccc5c(c4)c4cc(-c6ccc(-c7ccc8c(c7)oc7ccc(-c9ccc%10c(c9)c9cc(-c%11ccc%12c(c%11)c%11cc(-c%13ccc%14oc%15ccccc%15c%14c%13)ccc%11n%12-c%11ccccc%11)ccc9n%10-c9ccccc9)cc78)cc6)ccc4n5-c4ccc5sc6ccccc6c5c4)ccc2n3-c2ccc3oc4ccccc4c3c2)cc1. The lowest BCUT2D eigenvalue weighted by molar-refractivity contribution is 0.668. The van der Waals surface area contributed by atoms with Crippen LogP contribution < -0.4 is 0 Å². The molecule has 20 aromatic carbocycles. The number of aromatic nitrogens is 4. The quantitative estimate of drug-likeness (QED) is 0.130. The maximum Gasteiger partial charge on any atom is 0.136 e. The number of para-hydroxylation sites is 4. The van der Waals surface area contributed by atoms with E-state index < -0.39 is 0 Å². The highest BCUT2D eigenvalue weighted by Gasteiger charge is 2.25. The summed E-state index contributed by atoms with van der Waals surface area (Å²) in [4.78, 5) is 0. The van der Waals surface area contributed by atoms with Gasteiger partial charge in [-0.3, -0.25) is 0 Å². The molecule has 128 heavy (non-hydrogen) atoms. The second kappa shape index (κ2) is 27.4. The molecule has 0 saturated heterocycles. The molecule has 28 aromatic rings. The van der Waals surface area contributed by atoms with Gasteiger partial charge in [0.25, 0.3) is 0 Å². The predicted octanol–water partition coefficient (Wildman–Crippen LogP) is 33.8. The fraction of sp³-hybridized carbons (Fsp3) is 0. The van der Waals surface area contributed by atoms with Gasteiger partial charge in [-0.2, -0.15) is 0 Å². The van der Waals surface area contributed by atoms with Crippen LogP contribution in [0.5, 0.6) is 0 Å². The Bertz CT molecular complexity index is 9580. The summed E-state index contributed by atoms with van der Waals surface area (Å²) < 4.78 is 31.8. The summed E-state index contributed by atoms with van der Waals surface area (Å²) in [5.41, 5.74) is 35.0. The van der Waals surface area contributed by atoms with Gasteiger partial charge in [-0.1, -0.05) is 212 Å². The Morgan fingerprint density at radius 1 is 0.133 bits per heavy atom. The van der Waals surface area contributed by atoms with Crippen LogP contribution in [-0.4, -0.2) is 18.3 Å². The average Bonchev–Trinajstić information content (AvgIpc) is 1.57. The lowest BCUT2D eigenvalue weighted by Gasteiger charge is -2.10. The van der Waals surface area contributed by atoms with Gasteiger partial charge >= 0.3 is 0 Å². The van der Waals surface area contributed by atoms with Crippen molar-refractivity contribution in [3.63, 3.8) is 0 Å². The molecule has 0 fully saturated rings. The molecular formula is C120H70N4O3S. The summed E-state index contributed by atoms with van der Waals surface area (Å²) in [5, 5.41) is 18.7. The third kappa shape index (κ3) is 10.9. The summed E-state index contributed by atoms with van der Waals surface area (Å²) in [6, 6.07) is 156.